The van der Waals surface area contributed by atoms with E-state index in [1.165, 1.54) is 18.3 Å². The summed E-state index contributed by atoms with van der Waals surface area (Å²) >= 11 is 19.1. The minimum absolute atomic E-state index is 0.0464. The van der Waals surface area contributed by atoms with E-state index < -0.39 is 11.9 Å². The normalized spacial score (nSPS) is 15.0. The van der Waals surface area contributed by atoms with E-state index in [4.69, 9.17) is 34.8 Å². The van der Waals surface area contributed by atoms with E-state index in [1.807, 2.05) is 29.9 Å². The number of benzene rings is 2. The smallest absolute Gasteiger partial charge is 0.141 e. The molecule has 1 saturated heterocycles. The van der Waals surface area contributed by atoms with Crippen LogP contribution in [0.5, 0.6) is 0 Å². The van der Waals surface area contributed by atoms with Crippen molar-refractivity contribution in [3.05, 3.63) is 98.4 Å². The number of pyridine rings is 2. The van der Waals surface area contributed by atoms with Crippen molar-refractivity contribution in [3.8, 4) is 6.07 Å². The minimum Gasteiger partial charge on any atom is -0.373 e. The summed E-state index contributed by atoms with van der Waals surface area (Å²) in [4.78, 5) is 11.3. The molecule has 0 amide bonds. The van der Waals surface area contributed by atoms with Crippen LogP contribution in [0, 0.1) is 24.1 Å². The van der Waals surface area contributed by atoms with Gasteiger partial charge in [0.15, 0.2) is 0 Å². The third-order valence-corrected chi connectivity index (χ3v) is 9.37. The lowest BCUT2D eigenvalue weighted by atomic mass is 9.98. The summed E-state index contributed by atoms with van der Waals surface area (Å²) in [6, 6.07) is 11.7. The topological polar surface area (TPSA) is 108 Å². The number of hydrogen-bond donors (Lipinski definition) is 2. The fraction of sp³-hybridized carbons (Fsp3) is 0.324. The average molecular weight is 693 g/mol. The fourth-order valence-corrected chi connectivity index (χ4v) is 6.66. The molecule has 9 nitrogen and oxygen atoms in total. The molecule has 0 saturated carbocycles. The standard InChI is InChI=1S/C34H33Cl3FN9/c1-19-11-30(37)40-17-25(19)33(29-18-47(45-44-29)23-7-9-46(10-8-23)34(2,3)4)43-22-12-24-31(42-21-5-6-28(38)26(35)13-21)20(15-39)16-41-32(24)27(36)14-22/h5-6,11-14,16-18,23,33,43H,7-10H2,1-4H3,(H,41,42). The largest absolute Gasteiger partial charge is 0.373 e. The number of nitrogens with one attached hydrogen (secondary N) is 2. The van der Waals surface area contributed by atoms with E-state index in [-0.39, 0.29) is 22.2 Å². The molecule has 0 spiro atoms. The Balaban J connectivity index is 1.38. The maximum absolute atomic E-state index is 13.9. The Morgan fingerprint density at radius 2 is 1.74 bits per heavy atom. The summed E-state index contributed by atoms with van der Waals surface area (Å²) in [5.74, 6) is -0.544. The van der Waals surface area contributed by atoms with Crippen molar-refractivity contribution in [2.24, 2.45) is 0 Å². The van der Waals surface area contributed by atoms with Crippen LogP contribution in [0.15, 0.2) is 55.0 Å². The highest BCUT2D eigenvalue weighted by Gasteiger charge is 2.29. The number of anilines is 3. The van der Waals surface area contributed by atoms with Crippen molar-refractivity contribution in [1.29, 1.82) is 5.26 Å². The summed E-state index contributed by atoms with van der Waals surface area (Å²) in [7, 11) is 0. The van der Waals surface area contributed by atoms with Crippen molar-refractivity contribution in [2.75, 3.05) is 23.7 Å². The second-order valence-electron chi connectivity index (χ2n) is 12.7. The second-order valence-corrected chi connectivity index (χ2v) is 13.9. The molecule has 5 aromatic rings. The van der Waals surface area contributed by atoms with Crippen LogP contribution in [0.25, 0.3) is 10.9 Å². The number of fused-ring (bicyclic) bond motifs is 1. The zero-order valence-corrected chi connectivity index (χ0v) is 28.6. The molecular formula is C34H33Cl3FN9. The van der Waals surface area contributed by atoms with Gasteiger partial charge in [0.25, 0.3) is 0 Å². The molecule has 47 heavy (non-hydrogen) atoms. The number of rotatable bonds is 7. The van der Waals surface area contributed by atoms with Crippen LogP contribution in [-0.4, -0.2) is 48.5 Å². The molecule has 1 aliphatic rings. The molecule has 242 valence electrons. The lowest BCUT2D eigenvalue weighted by Gasteiger charge is -2.40. The van der Waals surface area contributed by atoms with Gasteiger partial charge in [-0.15, -0.1) is 5.10 Å². The van der Waals surface area contributed by atoms with Gasteiger partial charge in [-0.1, -0.05) is 40.0 Å². The highest BCUT2D eigenvalue weighted by molar-refractivity contribution is 6.36. The first-order valence-electron chi connectivity index (χ1n) is 15.2. The zero-order chi connectivity index (χ0) is 33.5. The lowest BCUT2D eigenvalue weighted by Crippen LogP contribution is -2.46. The van der Waals surface area contributed by atoms with Gasteiger partial charge in [0.1, 0.15) is 22.7 Å². The zero-order valence-electron chi connectivity index (χ0n) is 26.3. The third kappa shape index (κ3) is 6.99. The van der Waals surface area contributed by atoms with Crippen LogP contribution in [0.2, 0.25) is 15.2 Å². The maximum atomic E-state index is 13.9. The van der Waals surface area contributed by atoms with Crippen molar-refractivity contribution >= 4 is 62.8 Å². The molecule has 0 radical (unpaired) electrons. The molecule has 4 heterocycles. The first-order valence-corrected chi connectivity index (χ1v) is 16.3. The van der Waals surface area contributed by atoms with E-state index in [1.54, 1.807) is 18.3 Å². The Bertz CT molecular complexity index is 1990. The number of likely N-dealkylation sites (tertiary alicyclic amines) is 1. The van der Waals surface area contributed by atoms with Gasteiger partial charge in [0, 0.05) is 53.3 Å². The van der Waals surface area contributed by atoms with Crippen molar-refractivity contribution in [3.63, 3.8) is 0 Å². The molecule has 0 aliphatic carbocycles. The van der Waals surface area contributed by atoms with Gasteiger partial charge in [0.2, 0.25) is 0 Å². The minimum atomic E-state index is -0.544. The van der Waals surface area contributed by atoms with Crippen molar-refractivity contribution in [2.45, 2.75) is 58.2 Å². The quantitative estimate of drug-likeness (QED) is 0.163. The lowest BCUT2D eigenvalue weighted by molar-refractivity contribution is 0.0866. The predicted octanol–water partition coefficient (Wildman–Crippen LogP) is 8.88. The number of halogens is 4. The Labute approximate surface area is 287 Å². The third-order valence-electron chi connectivity index (χ3n) is 8.59. The number of aromatic nitrogens is 5. The molecule has 1 aliphatic heterocycles. The summed E-state index contributed by atoms with van der Waals surface area (Å²) < 4.78 is 15.9. The average Bonchev–Trinajstić information content (AvgIpc) is 3.52. The van der Waals surface area contributed by atoms with Gasteiger partial charge < -0.3 is 10.6 Å². The predicted molar refractivity (Wildman–Crippen MR) is 185 cm³/mol. The fourth-order valence-electron chi connectivity index (χ4n) is 6.00. The van der Waals surface area contributed by atoms with Crippen LogP contribution >= 0.6 is 34.8 Å². The molecule has 1 fully saturated rings. The van der Waals surface area contributed by atoms with Crippen LogP contribution < -0.4 is 10.6 Å². The first-order chi connectivity index (χ1) is 22.4. The van der Waals surface area contributed by atoms with Crippen LogP contribution in [0.4, 0.5) is 21.5 Å². The number of nitrogens with zero attached hydrogens (tertiary/aromatic N) is 7. The van der Waals surface area contributed by atoms with Crippen molar-refractivity contribution < 1.29 is 4.39 Å². The maximum Gasteiger partial charge on any atom is 0.141 e. The van der Waals surface area contributed by atoms with E-state index in [0.29, 0.717) is 43.8 Å². The molecule has 1 atom stereocenters. The SMILES string of the molecule is Cc1cc(Cl)ncc1C(Nc1cc(Cl)c2ncc(C#N)c(Nc3ccc(F)c(Cl)c3)c2c1)c1cn(C2CCN(C(C)(C)C)CC2)nn1. The molecular weight excluding hydrogens is 660 g/mol. The molecule has 13 heteroatoms. The van der Waals surface area contributed by atoms with E-state index in [0.717, 1.165) is 37.1 Å². The highest BCUT2D eigenvalue weighted by Crippen LogP contribution is 2.38. The summed E-state index contributed by atoms with van der Waals surface area (Å²) in [5, 5.41) is 27.3. The van der Waals surface area contributed by atoms with Crippen LogP contribution in [0.3, 0.4) is 0 Å². The molecule has 6 rings (SSSR count). The monoisotopic (exact) mass is 691 g/mol. The molecule has 2 aromatic carbocycles. The molecule has 1 unspecified atom stereocenters. The summed E-state index contributed by atoms with van der Waals surface area (Å²) in [6.07, 6.45) is 7.13. The van der Waals surface area contributed by atoms with Crippen LogP contribution in [-0.2, 0) is 0 Å². The Morgan fingerprint density at radius 1 is 1.00 bits per heavy atom. The number of hydrogen-bond acceptors (Lipinski definition) is 8. The second kappa shape index (κ2) is 13.2. The van der Waals surface area contributed by atoms with E-state index in [2.05, 4.69) is 62.7 Å². The number of piperidine rings is 1. The highest BCUT2D eigenvalue weighted by atomic mass is 35.5. The molecule has 2 N–H and O–H groups in total. The summed E-state index contributed by atoms with van der Waals surface area (Å²) in [6.45, 7) is 10.7. The van der Waals surface area contributed by atoms with Gasteiger partial charge in [-0.2, -0.15) is 5.26 Å². The van der Waals surface area contributed by atoms with Gasteiger partial charge in [-0.25, -0.2) is 14.1 Å². The Kier molecular flexibility index (Phi) is 9.27. The van der Waals surface area contributed by atoms with Gasteiger partial charge in [-0.3, -0.25) is 9.88 Å². The van der Waals surface area contributed by atoms with Crippen LogP contribution in [0.1, 0.15) is 68.1 Å². The first kappa shape index (κ1) is 32.9. The van der Waals surface area contributed by atoms with Gasteiger partial charge >= 0.3 is 0 Å². The summed E-state index contributed by atoms with van der Waals surface area (Å²) in [5.41, 5.74) is 4.98. The number of aryl methyl sites for hydroxylation is 1. The Hall–Kier alpha value is -4.01. The van der Waals surface area contributed by atoms with Gasteiger partial charge in [-0.05, 0) is 82.5 Å². The van der Waals surface area contributed by atoms with Crippen molar-refractivity contribution in [1.82, 2.24) is 29.9 Å². The Morgan fingerprint density at radius 3 is 2.43 bits per heavy atom. The van der Waals surface area contributed by atoms with E-state index >= 15 is 0 Å². The molecule has 0 bridgehead atoms. The van der Waals surface area contributed by atoms with E-state index in [9.17, 15) is 9.65 Å². The van der Waals surface area contributed by atoms with Gasteiger partial charge in [0.05, 0.1) is 45.1 Å². The number of nitriles is 1. The molecule has 3 aromatic heterocycles.